The van der Waals surface area contributed by atoms with E-state index < -0.39 is 5.54 Å². The van der Waals surface area contributed by atoms with E-state index in [1.54, 1.807) is 33.2 Å². The predicted molar refractivity (Wildman–Crippen MR) is 134 cm³/mol. The van der Waals surface area contributed by atoms with Crippen LogP contribution >= 0.6 is 11.6 Å². The van der Waals surface area contributed by atoms with Gasteiger partial charge in [-0.25, -0.2) is 0 Å². The number of amides is 2. The molecule has 3 aromatic rings. The summed E-state index contributed by atoms with van der Waals surface area (Å²) in [5.41, 5.74) is 10.1. The Balaban J connectivity index is 1.76. The molecule has 2 amide bonds. The molecule has 0 bridgehead atoms. The molecular formula is C26H25ClN4O2. The van der Waals surface area contributed by atoms with Gasteiger partial charge in [0.05, 0.1) is 17.0 Å². The highest BCUT2D eigenvalue weighted by Gasteiger charge is 2.32. The summed E-state index contributed by atoms with van der Waals surface area (Å²) in [5.74, 6) is -0.394. The van der Waals surface area contributed by atoms with Gasteiger partial charge in [-0.1, -0.05) is 60.1 Å². The van der Waals surface area contributed by atoms with Gasteiger partial charge in [-0.3, -0.25) is 9.59 Å². The topological polar surface area (TPSA) is 87.5 Å². The van der Waals surface area contributed by atoms with Crippen LogP contribution in [0.1, 0.15) is 23.6 Å². The van der Waals surface area contributed by atoms with Crippen LogP contribution in [-0.4, -0.2) is 30.8 Å². The molecular weight excluding hydrogens is 436 g/mol. The molecule has 1 aliphatic rings. The van der Waals surface area contributed by atoms with Crippen LogP contribution in [-0.2, 0) is 15.1 Å². The van der Waals surface area contributed by atoms with Crippen molar-refractivity contribution in [2.24, 2.45) is 5.73 Å². The van der Waals surface area contributed by atoms with Crippen LogP contribution in [0.2, 0.25) is 5.02 Å². The summed E-state index contributed by atoms with van der Waals surface area (Å²) >= 11 is 6.12. The molecule has 3 aromatic carbocycles. The van der Waals surface area contributed by atoms with Crippen LogP contribution in [0.15, 0.2) is 72.8 Å². The molecule has 168 valence electrons. The van der Waals surface area contributed by atoms with Crippen LogP contribution < -0.4 is 16.4 Å². The van der Waals surface area contributed by atoms with E-state index in [-0.39, 0.29) is 11.8 Å². The highest BCUT2D eigenvalue weighted by molar-refractivity contribution is 6.38. The first-order chi connectivity index (χ1) is 15.7. The quantitative estimate of drug-likeness (QED) is 0.488. The Kier molecular flexibility index (Phi) is 5.97. The van der Waals surface area contributed by atoms with Crippen molar-refractivity contribution in [1.29, 1.82) is 0 Å². The van der Waals surface area contributed by atoms with Gasteiger partial charge in [-0.05, 0) is 42.3 Å². The summed E-state index contributed by atoms with van der Waals surface area (Å²) in [5, 5.41) is 6.85. The fraction of sp³-hybridized carbons (Fsp3) is 0.154. The molecule has 0 fully saturated rings. The van der Waals surface area contributed by atoms with Crippen molar-refractivity contribution >= 4 is 46.1 Å². The zero-order valence-electron chi connectivity index (χ0n) is 18.6. The molecule has 0 saturated carbocycles. The van der Waals surface area contributed by atoms with Crippen molar-refractivity contribution in [2.45, 2.75) is 12.5 Å². The monoisotopic (exact) mass is 460 g/mol. The van der Waals surface area contributed by atoms with E-state index in [4.69, 9.17) is 17.3 Å². The Labute approximate surface area is 198 Å². The van der Waals surface area contributed by atoms with Crippen LogP contribution in [0.25, 0.3) is 11.3 Å². The number of nitrogens with two attached hydrogens (primary N) is 1. The number of likely N-dealkylation sites (N-methyl/N-ethyl adjacent to an activating group) is 1. The number of carbonyl (C=O) groups excluding carboxylic acids is 2. The van der Waals surface area contributed by atoms with E-state index in [1.807, 2.05) is 60.7 Å². The predicted octanol–water partition coefficient (Wildman–Crippen LogP) is 4.53. The lowest BCUT2D eigenvalue weighted by Crippen LogP contribution is -2.48. The third kappa shape index (κ3) is 4.35. The first kappa shape index (κ1) is 22.6. The molecule has 1 unspecified atom stereocenters. The van der Waals surface area contributed by atoms with Crippen molar-refractivity contribution in [3.8, 4) is 0 Å². The van der Waals surface area contributed by atoms with Crippen molar-refractivity contribution in [2.75, 3.05) is 24.7 Å². The van der Waals surface area contributed by atoms with E-state index in [9.17, 15) is 9.59 Å². The maximum atomic E-state index is 13.0. The summed E-state index contributed by atoms with van der Waals surface area (Å²) in [6.45, 7) is 1.69. The molecule has 0 spiro atoms. The van der Waals surface area contributed by atoms with E-state index in [0.717, 1.165) is 16.8 Å². The third-order valence-electron chi connectivity index (χ3n) is 5.64. The van der Waals surface area contributed by atoms with Crippen molar-refractivity contribution < 1.29 is 9.59 Å². The summed E-state index contributed by atoms with van der Waals surface area (Å²) in [4.78, 5) is 26.9. The first-order valence-corrected chi connectivity index (χ1v) is 10.9. The zero-order chi connectivity index (χ0) is 23.8. The zero-order valence-corrected chi connectivity index (χ0v) is 19.4. The van der Waals surface area contributed by atoms with Gasteiger partial charge < -0.3 is 21.3 Å². The smallest absolute Gasteiger partial charge is 0.258 e. The molecule has 0 aromatic heterocycles. The summed E-state index contributed by atoms with van der Waals surface area (Å²) < 4.78 is 0. The van der Waals surface area contributed by atoms with E-state index in [2.05, 4.69) is 10.6 Å². The molecule has 6 nitrogen and oxygen atoms in total. The van der Waals surface area contributed by atoms with Gasteiger partial charge in [-0.15, -0.1) is 0 Å². The van der Waals surface area contributed by atoms with Gasteiger partial charge in [0.1, 0.15) is 5.54 Å². The molecule has 4 N–H and O–H groups in total. The maximum Gasteiger partial charge on any atom is 0.258 e. The molecule has 1 heterocycles. The highest BCUT2D eigenvalue weighted by Crippen LogP contribution is 2.38. The van der Waals surface area contributed by atoms with Crippen LogP contribution in [0, 0.1) is 0 Å². The van der Waals surface area contributed by atoms with Gasteiger partial charge in [0, 0.05) is 30.4 Å². The molecule has 0 saturated heterocycles. The van der Waals surface area contributed by atoms with Crippen LogP contribution in [0.5, 0.6) is 0 Å². The Morgan fingerprint density at radius 1 is 1.03 bits per heavy atom. The number of anilines is 2. The number of rotatable bonds is 5. The Morgan fingerprint density at radius 3 is 2.33 bits per heavy atom. The van der Waals surface area contributed by atoms with Gasteiger partial charge >= 0.3 is 0 Å². The lowest BCUT2D eigenvalue weighted by Gasteiger charge is -2.27. The number of benzene rings is 3. The average molecular weight is 461 g/mol. The van der Waals surface area contributed by atoms with E-state index in [0.29, 0.717) is 27.5 Å². The Morgan fingerprint density at radius 2 is 1.70 bits per heavy atom. The van der Waals surface area contributed by atoms with Crippen molar-refractivity contribution in [3.63, 3.8) is 0 Å². The number of halogens is 1. The molecule has 0 radical (unpaired) electrons. The minimum atomic E-state index is -1.15. The van der Waals surface area contributed by atoms with Gasteiger partial charge in [0.15, 0.2) is 0 Å². The van der Waals surface area contributed by atoms with Gasteiger partial charge in [0.25, 0.3) is 5.91 Å². The van der Waals surface area contributed by atoms with E-state index in [1.165, 1.54) is 4.90 Å². The SMILES string of the molecule is CN(C)C(=O)C(C)(N)c1ccc(NC(=C2C(=O)Nc3cc(Cl)ccc32)c2ccccc2)cc1. The molecule has 7 heteroatoms. The third-order valence-corrected chi connectivity index (χ3v) is 5.88. The lowest BCUT2D eigenvalue weighted by atomic mass is 9.91. The maximum absolute atomic E-state index is 13.0. The number of hydrogen-bond acceptors (Lipinski definition) is 4. The molecule has 0 aliphatic carbocycles. The second kappa shape index (κ2) is 8.73. The van der Waals surface area contributed by atoms with Crippen molar-refractivity contribution in [1.82, 2.24) is 4.90 Å². The minimum absolute atomic E-state index is 0.187. The van der Waals surface area contributed by atoms with Crippen LogP contribution in [0.3, 0.4) is 0 Å². The average Bonchev–Trinajstić information content (AvgIpc) is 3.12. The number of fused-ring (bicyclic) bond motifs is 1. The second-order valence-corrected chi connectivity index (χ2v) is 8.80. The summed E-state index contributed by atoms with van der Waals surface area (Å²) in [7, 11) is 3.36. The van der Waals surface area contributed by atoms with Gasteiger partial charge in [0.2, 0.25) is 5.91 Å². The molecule has 1 atom stereocenters. The molecule has 33 heavy (non-hydrogen) atoms. The molecule has 4 rings (SSSR count). The number of carbonyl (C=O) groups is 2. The fourth-order valence-electron chi connectivity index (χ4n) is 3.91. The van der Waals surface area contributed by atoms with Crippen molar-refractivity contribution in [3.05, 3.63) is 94.5 Å². The minimum Gasteiger partial charge on any atom is -0.354 e. The fourth-order valence-corrected chi connectivity index (χ4v) is 4.08. The second-order valence-electron chi connectivity index (χ2n) is 8.36. The van der Waals surface area contributed by atoms with Crippen LogP contribution in [0.4, 0.5) is 11.4 Å². The normalized spacial score (nSPS) is 15.8. The Hall–Kier alpha value is -3.61. The summed E-state index contributed by atoms with van der Waals surface area (Å²) in [6.07, 6.45) is 0. The van der Waals surface area contributed by atoms with Gasteiger partial charge in [-0.2, -0.15) is 0 Å². The lowest BCUT2D eigenvalue weighted by molar-refractivity contribution is -0.134. The first-order valence-electron chi connectivity index (χ1n) is 10.5. The standard InChI is InChI=1S/C26H25ClN4O2/c1-26(28,25(33)31(2)3)17-9-12-19(13-10-17)29-23(16-7-5-4-6-8-16)22-20-14-11-18(27)15-21(20)30-24(22)32/h4-15,29H,28H2,1-3H3,(H,30,32). The largest absolute Gasteiger partial charge is 0.354 e. The number of nitrogens with zero attached hydrogens (tertiary/aromatic N) is 1. The molecule has 1 aliphatic heterocycles. The van der Waals surface area contributed by atoms with E-state index >= 15 is 0 Å². The Bertz CT molecular complexity index is 1250. The summed E-state index contributed by atoms with van der Waals surface area (Å²) in [6, 6.07) is 22.3. The number of nitrogens with one attached hydrogen (secondary N) is 2. The highest BCUT2D eigenvalue weighted by atomic mass is 35.5. The number of hydrogen-bond donors (Lipinski definition) is 3.